The number of hydrogen-bond donors (Lipinski definition) is 0. The van der Waals surface area contributed by atoms with Crippen LogP contribution in [-0.2, 0) is 10.2 Å². The molecule has 5 nitrogen and oxygen atoms in total. The first kappa shape index (κ1) is 22.0. The third kappa shape index (κ3) is 4.78. The lowest BCUT2D eigenvalue weighted by Gasteiger charge is -2.35. The fourth-order valence-corrected chi connectivity index (χ4v) is 5.41. The third-order valence-electron chi connectivity index (χ3n) is 7.50. The summed E-state index contributed by atoms with van der Waals surface area (Å²) in [6.07, 6.45) is 7.36. The van der Waals surface area contributed by atoms with Gasteiger partial charge in [-0.05, 0) is 68.7 Å². The molecule has 174 valence electrons. The van der Waals surface area contributed by atoms with Gasteiger partial charge in [0.2, 0.25) is 5.91 Å². The summed E-state index contributed by atoms with van der Waals surface area (Å²) in [5.74, 6) is 1.44. The highest BCUT2D eigenvalue weighted by Gasteiger charge is 2.53. The molecule has 2 aliphatic heterocycles. The maximum atomic E-state index is 13.4. The van der Waals surface area contributed by atoms with E-state index in [1.807, 2.05) is 47.4 Å². The van der Waals surface area contributed by atoms with Crippen molar-refractivity contribution in [1.29, 1.82) is 0 Å². The van der Waals surface area contributed by atoms with Gasteiger partial charge in [0, 0.05) is 37.7 Å². The van der Waals surface area contributed by atoms with E-state index in [9.17, 15) is 9.59 Å². The molecule has 2 aromatic rings. The first-order valence-electron chi connectivity index (χ1n) is 12.5. The van der Waals surface area contributed by atoms with Gasteiger partial charge in [-0.1, -0.05) is 36.4 Å². The zero-order valence-corrected chi connectivity index (χ0v) is 19.4. The number of amides is 2. The van der Waals surface area contributed by atoms with Gasteiger partial charge in [0.1, 0.15) is 5.75 Å². The molecular formula is C28H34N2O3. The summed E-state index contributed by atoms with van der Waals surface area (Å²) in [6, 6.07) is 17.8. The molecule has 1 aliphatic carbocycles. The van der Waals surface area contributed by atoms with Crippen LogP contribution in [0.25, 0.3) is 0 Å². The molecule has 3 fully saturated rings. The summed E-state index contributed by atoms with van der Waals surface area (Å²) in [6.45, 7) is 3.85. The molecule has 3 aliphatic rings. The Balaban J connectivity index is 1.18. The Morgan fingerprint density at radius 1 is 0.879 bits per heavy atom. The van der Waals surface area contributed by atoms with Crippen LogP contribution in [0.1, 0.15) is 60.9 Å². The van der Waals surface area contributed by atoms with Gasteiger partial charge in [0.05, 0.1) is 12.0 Å². The van der Waals surface area contributed by atoms with Gasteiger partial charge in [0.15, 0.2) is 0 Å². The highest BCUT2D eigenvalue weighted by molar-refractivity contribution is 5.94. The maximum Gasteiger partial charge on any atom is 0.253 e. The Morgan fingerprint density at radius 2 is 1.64 bits per heavy atom. The van der Waals surface area contributed by atoms with E-state index >= 15 is 0 Å². The van der Waals surface area contributed by atoms with Gasteiger partial charge in [-0.3, -0.25) is 9.59 Å². The van der Waals surface area contributed by atoms with Crippen molar-refractivity contribution in [3.05, 3.63) is 65.7 Å². The van der Waals surface area contributed by atoms with Crippen LogP contribution in [0, 0.1) is 5.92 Å². The summed E-state index contributed by atoms with van der Waals surface area (Å²) < 4.78 is 6.13. The van der Waals surface area contributed by atoms with E-state index < -0.39 is 0 Å². The summed E-state index contributed by atoms with van der Waals surface area (Å²) in [5, 5.41) is 0. The van der Waals surface area contributed by atoms with Crippen LogP contribution in [-0.4, -0.2) is 54.4 Å². The topological polar surface area (TPSA) is 49.9 Å². The average molecular weight is 447 g/mol. The minimum atomic E-state index is -0.298. The molecule has 1 atom stereocenters. The molecule has 2 amide bonds. The molecule has 0 spiro atoms. The van der Waals surface area contributed by atoms with Crippen molar-refractivity contribution in [2.75, 3.05) is 32.8 Å². The van der Waals surface area contributed by atoms with Crippen LogP contribution < -0.4 is 4.74 Å². The van der Waals surface area contributed by atoms with Crippen molar-refractivity contribution in [2.24, 2.45) is 5.92 Å². The first-order chi connectivity index (χ1) is 16.2. The number of carbonyl (C=O) groups is 2. The average Bonchev–Trinajstić information content (AvgIpc) is 3.70. The van der Waals surface area contributed by atoms with E-state index in [2.05, 4.69) is 17.0 Å². The van der Waals surface area contributed by atoms with Crippen LogP contribution in [0.4, 0.5) is 0 Å². The highest BCUT2D eigenvalue weighted by Crippen LogP contribution is 2.50. The molecule has 33 heavy (non-hydrogen) atoms. The standard InChI is InChI=1S/C28H34N2O3/c31-26(29-16-5-2-6-17-29)23-10-7-13-25(19-23)33-21-22-9-8-18-30(20-22)27(32)28(14-15-28)24-11-3-1-4-12-24/h1,3-4,7,10-13,19,22H,2,5-6,8-9,14-18,20-21H2. The van der Waals surface area contributed by atoms with E-state index in [-0.39, 0.29) is 17.2 Å². The number of carbonyl (C=O) groups excluding carboxylic acids is 2. The van der Waals surface area contributed by atoms with Crippen molar-refractivity contribution in [3.8, 4) is 5.75 Å². The number of benzene rings is 2. The zero-order valence-electron chi connectivity index (χ0n) is 19.4. The van der Waals surface area contributed by atoms with Crippen molar-refractivity contribution >= 4 is 11.8 Å². The summed E-state index contributed by atoms with van der Waals surface area (Å²) in [5.41, 5.74) is 1.56. The molecule has 5 rings (SSSR count). The van der Waals surface area contributed by atoms with Crippen molar-refractivity contribution in [2.45, 2.75) is 50.4 Å². The van der Waals surface area contributed by atoms with Crippen LogP contribution in [0.2, 0.25) is 0 Å². The van der Waals surface area contributed by atoms with E-state index in [1.165, 1.54) is 6.42 Å². The number of hydrogen-bond acceptors (Lipinski definition) is 3. The predicted octanol–water partition coefficient (Wildman–Crippen LogP) is 4.66. The Hall–Kier alpha value is -2.82. The Labute approximate surface area is 196 Å². The van der Waals surface area contributed by atoms with Gasteiger partial charge >= 0.3 is 0 Å². The van der Waals surface area contributed by atoms with Gasteiger partial charge < -0.3 is 14.5 Å². The van der Waals surface area contributed by atoms with Gasteiger partial charge in [0.25, 0.3) is 5.91 Å². The molecule has 1 saturated carbocycles. The lowest BCUT2D eigenvalue weighted by molar-refractivity contribution is -0.136. The minimum absolute atomic E-state index is 0.102. The van der Waals surface area contributed by atoms with Crippen molar-refractivity contribution in [3.63, 3.8) is 0 Å². The van der Waals surface area contributed by atoms with E-state index in [0.29, 0.717) is 18.1 Å². The first-order valence-corrected chi connectivity index (χ1v) is 12.5. The molecular weight excluding hydrogens is 412 g/mol. The molecule has 2 aromatic carbocycles. The third-order valence-corrected chi connectivity index (χ3v) is 7.50. The Kier molecular flexibility index (Phi) is 6.39. The number of ether oxygens (including phenoxy) is 1. The lowest BCUT2D eigenvalue weighted by Crippen LogP contribution is -2.46. The van der Waals surface area contributed by atoms with Crippen molar-refractivity contribution in [1.82, 2.24) is 9.80 Å². The summed E-state index contributed by atoms with van der Waals surface area (Å²) in [7, 11) is 0. The second-order valence-electron chi connectivity index (χ2n) is 9.90. The van der Waals surface area contributed by atoms with Gasteiger partial charge in [-0.15, -0.1) is 0 Å². The van der Waals surface area contributed by atoms with Crippen LogP contribution in [0.5, 0.6) is 5.75 Å². The Bertz CT molecular complexity index is 980. The largest absolute Gasteiger partial charge is 0.493 e. The predicted molar refractivity (Wildman–Crippen MR) is 128 cm³/mol. The second kappa shape index (κ2) is 9.58. The molecule has 0 aromatic heterocycles. The monoisotopic (exact) mass is 446 g/mol. The van der Waals surface area contributed by atoms with Crippen LogP contribution in [0.3, 0.4) is 0 Å². The fourth-order valence-electron chi connectivity index (χ4n) is 5.41. The zero-order chi connectivity index (χ0) is 22.7. The SMILES string of the molecule is O=C(c1cccc(OCC2CCCN(C(=O)C3(c4ccccc4)CC3)C2)c1)N1CCCCC1. The van der Waals surface area contributed by atoms with Crippen LogP contribution in [0.15, 0.2) is 54.6 Å². The van der Waals surface area contributed by atoms with E-state index in [0.717, 1.165) is 76.0 Å². The smallest absolute Gasteiger partial charge is 0.253 e. The maximum absolute atomic E-state index is 13.4. The van der Waals surface area contributed by atoms with Gasteiger partial charge in [-0.2, -0.15) is 0 Å². The Morgan fingerprint density at radius 3 is 2.39 bits per heavy atom. The summed E-state index contributed by atoms with van der Waals surface area (Å²) in [4.78, 5) is 30.2. The number of nitrogens with zero attached hydrogens (tertiary/aromatic N) is 2. The summed E-state index contributed by atoms with van der Waals surface area (Å²) >= 11 is 0. The lowest BCUT2D eigenvalue weighted by atomic mass is 9.91. The van der Waals surface area contributed by atoms with Crippen molar-refractivity contribution < 1.29 is 14.3 Å². The quantitative estimate of drug-likeness (QED) is 0.648. The molecule has 5 heteroatoms. The molecule has 0 bridgehead atoms. The number of rotatable bonds is 6. The van der Waals surface area contributed by atoms with Gasteiger partial charge in [-0.25, -0.2) is 0 Å². The molecule has 0 radical (unpaired) electrons. The molecule has 2 saturated heterocycles. The molecule has 1 unspecified atom stereocenters. The number of likely N-dealkylation sites (tertiary alicyclic amines) is 2. The van der Waals surface area contributed by atoms with Crippen LogP contribution >= 0.6 is 0 Å². The fraction of sp³-hybridized carbons (Fsp3) is 0.500. The molecule has 0 N–H and O–H groups in total. The minimum Gasteiger partial charge on any atom is -0.493 e. The number of piperidine rings is 2. The normalized spacial score (nSPS) is 22.0. The van der Waals surface area contributed by atoms with E-state index in [4.69, 9.17) is 4.74 Å². The second-order valence-corrected chi connectivity index (χ2v) is 9.90. The van der Waals surface area contributed by atoms with E-state index in [1.54, 1.807) is 0 Å². The molecule has 2 heterocycles. The highest BCUT2D eigenvalue weighted by atomic mass is 16.5.